The van der Waals surface area contributed by atoms with Crippen molar-refractivity contribution >= 4 is 17.4 Å². The first kappa shape index (κ1) is 20.1. The van der Waals surface area contributed by atoms with E-state index in [1.54, 1.807) is 6.07 Å². The fourth-order valence-electron chi connectivity index (χ4n) is 2.40. The van der Waals surface area contributed by atoms with Gasteiger partial charge in [-0.2, -0.15) is 13.2 Å². The van der Waals surface area contributed by atoms with Gasteiger partial charge in [0, 0.05) is 18.0 Å². The zero-order chi connectivity index (χ0) is 21.0. The van der Waals surface area contributed by atoms with Crippen molar-refractivity contribution in [1.82, 2.24) is 15.0 Å². The van der Waals surface area contributed by atoms with Gasteiger partial charge in [-0.25, -0.2) is 14.4 Å². The van der Waals surface area contributed by atoms with E-state index in [9.17, 15) is 22.7 Å². The summed E-state index contributed by atoms with van der Waals surface area (Å²) in [6.45, 7) is -0.381. The third-order valence-corrected chi connectivity index (χ3v) is 3.77. The van der Waals surface area contributed by atoms with Gasteiger partial charge in [-0.3, -0.25) is 10.4 Å². The highest BCUT2D eigenvalue weighted by molar-refractivity contribution is 6.15. The number of aliphatic imine (C=N–C) groups is 1. The van der Waals surface area contributed by atoms with Crippen LogP contribution in [0.4, 0.5) is 23.2 Å². The molecule has 11 heteroatoms. The van der Waals surface area contributed by atoms with Crippen molar-refractivity contribution in [2.45, 2.75) is 12.8 Å². The predicted molar refractivity (Wildman–Crippen MR) is 97.1 cm³/mol. The smallest absolute Gasteiger partial charge is 0.392 e. The number of hydrogen-bond acceptors (Lipinski definition) is 4. The summed E-state index contributed by atoms with van der Waals surface area (Å²) in [6.07, 6.45) is -0.899. The number of aliphatic hydroxyl groups excluding tert-OH is 1. The number of nitrogens with zero attached hydrogens (tertiary/aromatic N) is 3. The first-order chi connectivity index (χ1) is 13.8. The lowest BCUT2D eigenvalue weighted by atomic mass is 10.2. The molecule has 0 unspecified atom stereocenters. The Labute approximate surface area is 161 Å². The first-order valence-corrected chi connectivity index (χ1v) is 8.15. The summed E-state index contributed by atoms with van der Waals surface area (Å²) in [5, 5.41) is 20.2. The zero-order valence-corrected chi connectivity index (χ0v) is 14.6. The van der Waals surface area contributed by atoms with Crippen molar-refractivity contribution in [3.05, 3.63) is 77.4 Å². The van der Waals surface area contributed by atoms with Crippen LogP contribution < -0.4 is 5.32 Å². The summed E-state index contributed by atoms with van der Waals surface area (Å²) >= 11 is 0. The summed E-state index contributed by atoms with van der Waals surface area (Å²) in [6, 6.07) is 5.95. The molecule has 0 aromatic carbocycles. The maximum absolute atomic E-state index is 14.0. The Hall–Kier alpha value is -3.60. The molecule has 7 nitrogen and oxygen atoms in total. The molecule has 0 radical (unpaired) electrons. The molecule has 0 bridgehead atoms. The molecule has 0 atom stereocenters. The molecule has 3 aromatic rings. The number of anilines is 1. The lowest BCUT2D eigenvalue weighted by Gasteiger charge is -2.12. The Morgan fingerprint density at radius 3 is 2.72 bits per heavy atom. The van der Waals surface area contributed by atoms with E-state index >= 15 is 0 Å². The second-order valence-corrected chi connectivity index (χ2v) is 5.73. The van der Waals surface area contributed by atoms with Gasteiger partial charge in [-0.15, -0.1) is 0 Å². The maximum atomic E-state index is 14.0. The van der Waals surface area contributed by atoms with Crippen LogP contribution in [-0.2, 0) is 12.8 Å². The van der Waals surface area contributed by atoms with Crippen molar-refractivity contribution in [1.29, 1.82) is 5.41 Å². The minimum atomic E-state index is -4.68. The van der Waals surface area contributed by atoms with Gasteiger partial charge in [0.2, 0.25) is 0 Å². The third kappa shape index (κ3) is 4.63. The highest BCUT2D eigenvalue weighted by atomic mass is 19.4. The SMILES string of the molecule is N=C(/N=C(/Nc1ccncc1F)c1[nH]ccc1CO)c1cccc(C(F)(F)F)n1. The Bertz CT molecular complexity index is 1060. The maximum Gasteiger partial charge on any atom is 0.433 e. The normalized spacial score (nSPS) is 12.1. The van der Waals surface area contributed by atoms with Crippen molar-refractivity contribution in [2.24, 2.45) is 4.99 Å². The predicted octanol–water partition coefficient (Wildman–Crippen LogP) is 3.34. The van der Waals surface area contributed by atoms with Gasteiger partial charge < -0.3 is 15.4 Å². The fourth-order valence-corrected chi connectivity index (χ4v) is 2.40. The van der Waals surface area contributed by atoms with E-state index in [1.807, 2.05) is 0 Å². The highest BCUT2D eigenvalue weighted by Gasteiger charge is 2.32. The Kier molecular flexibility index (Phi) is 5.69. The number of rotatable bonds is 4. The van der Waals surface area contributed by atoms with E-state index in [2.05, 4.69) is 25.3 Å². The van der Waals surface area contributed by atoms with Crippen molar-refractivity contribution in [3.63, 3.8) is 0 Å². The highest BCUT2D eigenvalue weighted by Crippen LogP contribution is 2.27. The molecule has 0 saturated carbocycles. The van der Waals surface area contributed by atoms with Gasteiger partial charge in [-0.1, -0.05) is 6.07 Å². The lowest BCUT2D eigenvalue weighted by Crippen LogP contribution is -2.20. The minimum Gasteiger partial charge on any atom is -0.392 e. The van der Waals surface area contributed by atoms with Crippen molar-refractivity contribution in [3.8, 4) is 0 Å². The number of aromatic amines is 1. The number of aromatic nitrogens is 3. The van der Waals surface area contributed by atoms with E-state index < -0.39 is 23.5 Å². The van der Waals surface area contributed by atoms with Crippen LogP contribution >= 0.6 is 0 Å². The number of aliphatic hydroxyl groups is 1. The molecule has 0 aliphatic carbocycles. The third-order valence-electron chi connectivity index (χ3n) is 3.77. The average molecular weight is 406 g/mol. The number of amidine groups is 2. The molecular formula is C18H14F4N6O. The van der Waals surface area contributed by atoms with E-state index in [0.29, 0.717) is 5.56 Å². The van der Waals surface area contributed by atoms with Gasteiger partial charge >= 0.3 is 6.18 Å². The molecule has 0 spiro atoms. The van der Waals surface area contributed by atoms with Crippen LogP contribution in [0.15, 0.2) is 53.9 Å². The van der Waals surface area contributed by atoms with Gasteiger partial charge in [0.1, 0.15) is 11.4 Å². The molecular weight excluding hydrogens is 392 g/mol. The quantitative estimate of drug-likeness (QED) is 0.303. The molecule has 3 rings (SSSR count). The lowest BCUT2D eigenvalue weighted by molar-refractivity contribution is -0.141. The van der Waals surface area contributed by atoms with Gasteiger partial charge in [0.15, 0.2) is 17.5 Å². The van der Waals surface area contributed by atoms with Crippen LogP contribution in [0.5, 0.6) is 0 Å². The van der Waals surface area contributed by atoms with Crippen LogP contribution in [0.1, 0.15) is 22.6 Å². The number of hydrogen-bond donors (Lipinski definition) is 4. The van der Waals surface area contributed by atoms with Gasteiger partial charge in [-0.05, 0) is 24.3 Å². The summed E-state index contributed by atoms with van der Waals surface area (Å²) in [5.74, 6) is -1.39. The van der Waals surface area contributed by atoms with Crippen molar-refractivity contribution < 1.29 is 22.7 Å². The van der Waals surface area contributed by atoms with E-state index in [4.69, 9.17) is 5.41 Å². The number of H-pyrrole nitrogens is 1. The number of halogens is 4. The monoisotopic (exact) mass is 406 g/mol. The minimum absolute atomic E-state index is 0.0259. The van der Waals surface area contributed by atoms with Gasteiger partial charge in [0.05, 0.1) is 24.2 Å². The molecule has 3 aromatic heterocycles. The Morgan fingerprint density at radius 2 is 2.03 bits per heavy atom. The number of nitrogens with one attached hydrogen (secondary N) is 3. The summed E-state index contributed by atoms with van der Waals surface area (Å²) < 4.78 is 52.6. The molecule has 0 aliphatic heterocycles. The second-order valence-electron chi connectivity index (χ2n) is 5.73. The molecule has 0 amide bonds. The van der Waals surface area contributed by atoms with Crippen LogP contribution in [0, 0.1) is 11.2 Å². The summed E-state index contributed by atoms with van der Waals surface area (Å²) in [7, 11) is 0. The zero-order valence-electron chi connectivity index (χ0n) is 14.6. The number of alkyl halides is 3. The number of pyridine rings is 2. The largest absolute Gasteiger partial charge is 0.433 e. The Morgan fingerprint density at radius 1 is 1.24 bits per heavy atom. The molecule has 0 fully saturated rings. The molecule has 150 valence electrons. The topological polar surface area (TPSA) is 110 Å². The van der Waals surface area contributed by atoms with Gasteiger partial charge in [0.25, 0.3) is 0 Å². The fraction of sp³-hybridized carbons (Fsp3) is 0.111. The van der Waals surface area contributed by atoms with E-state index in [1.165, 1.54) is 24.5 Å². The van der Waals surface area contributed by atoms with E-state index in [-0.39, 0.29) is 29.5 Å². The molecule has 3 heterocycles. The van der Waals surface area contributed by atoms with E-state index in [0.717, 1.165) is 18.3 Å². The van der Waals surface area contributed by atoms with Crippen LogP contribution in [0.3, 0.4) is 0 Å². The molecule has 0 saturated heterocycles. The molecule has 0 aliphatic rings. The Balaban J connectivity index is 2.03. The first-order valence-electron chi connectivity index (χ1n) is 8.15. The second kappa shape index (κ2) is 8.19. The van der Waals surface area contributed by atoms with Crippen LogP contribution in [0.25, 0.3) is 0 Å². The van der Waals surface area contributed by atoms with Crippen molar-refractivity contribution in [2.75, 3.05) is 5.32 Å². The standard InChI is InChI=1S/C18H14F4N6O/c19-11-8-24-6-5-12(11)27-17(15-10(9-29)4-7-25-15)28-16(23)13-2-1-3-14(26-13)18(20,21)22/h1-8,25,29H,9H2,(H2,23,24,27,28). The summed E-state index contributed by atoms with van der Waals surface area (Å²) in [4.78, 5) is 13.8. The average Bonchev–Trinajstić information content (AvgIpc) is 3.17. The molecule has 29 heavy (non-hydrogen) atoms. The van der Waals surface area contributed by atoms with Crippen LogP contribution in [0.2, 0.25) is 0 Å². The van der Waals surface area contributed by atoms with Crippen LogP contribution in [-0.4, -0.2) is 31.7 Å². The summed E-state index contributed by atoms with van der Waals surface area (Å²) in [5.41, 5.74) is -0.898. The molecule has 4 N–H and O–H groups in total.